The lowest BCUT2D eigenvalue weighted by Crippen LogP contribution is -2.21. The van der Waals surface area contributed by atoms with Crippen molar-refractivity contribution in [1.29, 1.82) is 0 Å². The monoisotopic (exact) mass is 386 g/mol. The molecule has 0 spiro atoms. The van der Waals surface area contributed by atoms with Gasteiger partial charge in [0.1, 0.15) is 11.5 Å². The van der Waals surface area contributed by atoms with Crippen molar-refractivity contribution in [3.05, 3.63) is 72.5 Å². The lowest BCUT2D eigenvalue weighted by atomic mass is 10.2. The van der Waals surface area contributed by atoms with Crippen LogP contribution in [-0.2, 0) is 16.6 Å². The first kappa shape index (κ1) is 19.0. The Morgan fingerprint density at radius 3 is 2.26 bits per heavy atom. The quantitative estimate of drug-likeness (QED) is 0.615. The van der Waals surface area contributed by atoms with Gasteiger partial charge in [-0.05, 0) is 36.4 Å². The van der Waals surface area contributed by atoms with E-state index in [0.717, 1.165) is 15.7 Å². The van der Waals surface area contributed by atoms with Gasteiger partial charge in [-0.25, -0.2) is 12.7 Å². The zero-order valence-corrected chi connectivity index (χ0v) is 16.3. The fourth-order valence-corrected chi connectivity index (χ4v) is 3.37. The molecule has 142 valence electrons. The predicted octanol–water partition coefficient (Wildman–Crippen LogP) is 3.96. The maximum absolute atomic E-state index is 12.2. The summed E-state index contributed by atoms with van der Waals surface area (Å²) in [5.74, 6) is 2.00. The number of rotatable bonds is 7. The van der Waals surface area contributed by atoms with E-state index in [1.165, 1.54) is 20.2 Å². The number of sulfonamides is 1. The fourth-order valence-electron chi connectivity index (χ4n) is 2.56. The smallest absolute Gasteiger partial charge is 0.275 e. The summed E-state index contributed by atoms with van der Waals surface area (Å²) in [6.07, 6.45) is 0. The highest BCUT2D eigenvalue weighted by molar-refractivity contribution is 7.88. The molecule has 1 aromatic heterocycles. The molecule has 0 N–H and O–H groups in total. The Labute approximate surface area is 159 Å². The van der Waals surface area contributed by atoms with Gasteiger partial charge in [-0.3, -0.25) is 0 Å². The number of nitrogens with zero attached hydrogens (tertiary/aromatic N) is 2. The Morgan fingerprint density at radius 2 is 1.56 bits per heavy atom. The predicted molar refractivity (Wildman–Crippen MR) is 105 cm³/mol. The minimum atomic E-state index is -3.58. The SMILES string of the molecule is CN(Cc1ccc(S(=O)(=O)N(C)C)o1)c1ccccc1Oc1ccccc1. The molecule has 0 bridgehead atoms. The van der Waals surface area contributed by atoms with Crippen molar-refractivity contribution in [2.75, 3.05) is 26.0 Å². The molecule has 7 heteroatoms. The van der Waals surface area contributed by atoms with Crippen LogP contribution in [0, 0.1) is 0 Å². The molecule has 27 heavy (non-hydrogen) atoms. The molecule has 0 saturated carbocycles. The summed E-state index contributed by atoms with van der Waals surface area (Å²) in [6, 6.07) is 20.4. The molecule has 1 heterocycles. The van der Waals surface area contributed by atoms with Crippen LogP contribution in [0.2, 0.25) is 0 Å². The van der Waals surface area contributed by atoms with E-state index < -0.39 is 10.0 Å². The number of para-hydroxylation sites is 3. The summed E-state index contributed by atoms with van der Waals surface area (Å²) in [4.78, 5) is 1.95. The average molecular weight is 386 g/mol. The zero-order chi connectivity index (χ0) is 19.4. The highest BCUT2D eigenvalue weighted by Crippen LogP contribution is 2.32. The lowest BCUT2D eigenvalue weighted by Gasteiger charge is -2.21. The summed E-state index contributed by atoms with van der Waals surface area (Å²) in [5.41, 5.74) is 0.870. The van der Waals surface area contributed by atoms with Gasteiger partial charge in [0.05, 0.1) is 12.2 Å². The van der Waals surface area contributed by atoms with E-state index in [1.54, 1.807) is 6.07 Å². The minimum Gasteiger partial charge on any atom is -0.455 e. The molecule has 0 aliphatic heterocycles. The van der Waals surface area contributed by atoms with E-state index in [1.807, 2.05) is 66.5 Å². The zero-order valence-electron chi connectivity index (χ0n) is 15.5. The molecular formula is C20H22N2O4S. The Kier molecular flexibility index (Phi) is 5.53. The van der Waals surface area contributed by atoms with Gasteiger partial charge < -0.3 is 14.1 Å². The maximum Gasteiger partial charge on any atom is 0.275 e. The third-order valence-electron chi connectivity index (χ3n) is 4.01. The van der Waals surface area contributed by atoms with Crippen LogP contribution < -0.4 is 9.64 Å². The van der Waals surface area contributed by atoms with E-state index in [-0.39, 0.29) is 5.09 Å². The number of anilines is 1. The van der Waals surface area contributed by atoms with E-state index in [2.05, 4.69) is 0 Å². The molecule has 2 aromatic carbocycles. The van der Waals surface area contributed by atoms with Gasteiger partial charge in [0.15, 0.2) is 5.75 Å². The summed E-state index contributed by atoms with van der Waals surface area (Å²) in [7, 11) is 1.26. The van der Waals surface area contributed by atoms with Crippen LogP contribution in [0.3, 0.4) is 0 Å². The normalized spacial score (nSPS) is 11.6. The molecule has 0 amide bonds. The molecule has 0 unspecified atom stereocenters. The van der Waals surface area contributed by atoms with Crippen molar-refractivity contribution in [3.63, 3.8) is 0 Å². The summed E-state index contributed by atoms with van der Waals surface area (Å²) >= 11 is 0. The van der Waals surface area contributed by atoms with E-state index in [4.69, 9.17) is 9.15 Å². The van der Waals surface area contributed by atoms with E-state index in [9.17, 15) is 8.42 Å². The summed E-state index contributed by atoms with van der Waals surface area (Å²) in [6.45, 7) is 0.401. The van der Waals surface area contributed by atoms with Crippen LogP contribution in [0.25, 0.3) is 0 Å². The minimum absolute atomic E-state index is 0.0651. The number of hydrogen-bond acceptors (Lipinski definition) is 5. The first-order valence-corrected chi connectivity index (χ1v) is 9.86. The first-order valence-electron chi connectivity index (χ1n) is 8.42. The fraction of sp³-hybridized carbons (Fsp3) is 0.200. The number of benzene rings is 2. The molecular weight excluding hydrogens is 364 g/mol. The van der Waals surface area contributed by atoms with Gasteiger partial charge in [0, 0.05) is 21.1 Å². The van der Waals surface area contributed by atoms with Crippen molar-refractivity contribution in [3.8, 4) is 11.5 Å². The second kappa shape index (κ2) is 7.85. The third kappa shape index (κ3) is 4.32. The van der Waals surface area contributed by atoms with Gasteiger partial charge in [-0.2, -0.15) is 0 Å². The average Bonchev–Trinajstić information content (AvgIpc) is 3.12. The Morgan fingerprint density at radius 1 is 0.889 bits per heavy atom. The number of furan rings is 1. The van der Waals surface area contributed by atoms with Crippen LogP contribution in [0.5, 0.6) is 11.5 Å². The second-order valence-electron chi connectivity index (χ2n) is 6.25. The van der Waals surface area contributed by atoms with E-state index in [0.29, 0.717) is 18.1 Å². The molecule has 0 atom stereocenters. The van der Waals surface area contributed by atoms with Crippen LogP contribution in [0.1, 0.15) is 5.76 Å². The summed E-state index contributed by atoms with van der Waals surface area (Å²) in [5, 5.41) is -0.0651. The van der Waals surface area contributed by atoms with Gasteiger partial charge >= 0.3 is 0 Å². The standard InChI is InChI=1S/C20H22N2O4S/c1-21(2)27(23,24)20-14-13-17(26-20)15-22(3)18-11-7-8-12-19(18)25-16-9-5-4-6-10-16/h4-14H,15H2,1-3H3. The van der Waals surface area contributed by atoms with Crippen LogP contribution in [-0.4, -0.2) is 33.9 Å². The topological polar surface area (TPSA) is 63.0 Å². The van der Waals surface area contributed by atoms with Gasteiger partial charge in [-0.1, -0.05) is 30.3 Å². The molecule has 0 radical (unpaired) electrons. The van der Waals surface area contributed by atoms with Crippen molar-refractivity contribution >= 4 is 15.7 Å². The Balaban J connectivity index is 1.79. The van der Waals surface area contributed by atoms with Crippen molar-refractivity contribution in [2.45, 2.75) is 11.6 Å². The Bertz CT molecular complexity index is 998. The largest absolute Gasteiger partial charge is 0.455 e. The molecule has 0 aliphatic rings. The third-order valence-corrected chi connectivity index (χ3v) is 5.70. The van der Waals surface area contributed by atoms with Crippen molar-refractivity contribution < 1.29 is 17.6 Å². The molecule has 0 fully saturated rings. The Hall–Kier alpha value is -2.77. The molecule has 6 nitrogen and oxygen atoms in total. The molecule has 0 saturated heterocycles. The van der Waals surface area contributed by atoms with Crippen molar-refractivity contribution in [2.24, 2.45) is 0 Å². The van der Waals surface area contributed by atoms with Crippen LogP contribution in [0.15, 0.2) is 76.2 Å². The number of ether oxygens (including phenoxy) is 1. The molecule has 3 rings (SSSR count). The highest BCUT2D eigenvalue weighted by Gasteiger charge is 2.22. The van der Waals surface area contributed by atoms with E-state index >= 15 is 0 Å². The summed E-state index contributed by atoms with van der Waals surface area (Å²) < 4.78 is 37.0. The van der Waals surface area contributed by atoms with Gasteiger partial charge in [0.2, 0.25) is 5.09 Å². The van der Waals surface area contributed by atoms with Crippen LogP contribution >= 0.6 is 0 Å². The first-order chi connectivity index (χ1) is 12.9. The van der Waals surface area contributed by atoms with Gasteiger partial charge in [0.25, 0.3) is 10.0 Å². The highest BCUT2D eigenvalue weighted by atomic mass is 32.2. The van der Waals surface area contributed by atoms with Gasteiger partial charge in [-0.15, -0.1) is 0 Å². The molecule has 3 aromatic rings. The van der Waals surface area contributed by atoms with Crippen molar-refractivity contribution in [1.82, 2.24) is 4.31 Å². The second-order valence-corrected chi connectivity index (χ2v) is 8.33. The molecule has 0 aliphatic carbocycles. The van der Waals surface area contributed by atoms with Crippen LogP contribution in [0.4, 0.5) is 5.69 Å². The lowest BCUT2D eigenvalue weighted by molar-refractivity contribution is 0.397. The number of hydrogen-bond donors (Lipinski definition) is 0. The maximum atomic E-state index is 12.2.